The molecule has 1 fully saturated rings. The highest BCUT2D eigenvalue weighted by Gasteiger charge is 2.21. The van der Waals surface area contributed by atoms with Crippen molar-refractivity contribution in [3.63, 3.8) is 0 Å². The van der Waals surface area contributed by atoms with Crippen molar-refractivity contribution in [3.8, 4) is 0 Å². The van der Waals surface area contributed by atoms with E-state index in [0.29, 0.717) is 12.1 Å². The molecular formula is C18H30N4O4S. The van der Waals surface area contributed by atoms with Crippen LogP contribution in [0.1, 0.15) is 23.2 Å². The minimum absolute atomic E-state index is 0.0227. The summed E-state index contributed by atoms with van der Waals surface area (Å²) in [4.78, 5) is 21.9. The number of hydrogen-bond acceptors (Lipinski definition) is 6. The maximum atomic E-state index is 12.3. The van der Waals surface area contributed by atoms with E-state index in [9.17, 15) is 13.2 Å². The number of nitrogens with one attached hydrogen (secondary N) is 1. The number of nitrogens with zero attached hydrogens (tertiary/aromatic N) is 3. The van der Waals surface area contributed by atoms with Crippen molar-refractivity contribution in [2.45, 2.75) is 17.7 Å². The van der Waals surface area contributed by atoms with E-state index in [1.165, 1.54) is 26.3 Å². The lowest BCUT2D eigenvalue weighted by molar-refractivity contribution is -0.0258. The molecule has 152 valence electrons. The molecule has 1 aliphatic heterocycles. The summed E-state index contributed by atoms with van der Waals surface area (Å²) < 4.78 is 25.3. The first-order valence-corrected chi connectivity index (χ1v) is 10.6. The molecule has 1 aliphatic rings. The van der Waals surface area contributed by atoms with E-state index in [4.69, 9.17) is 4.84 Å². The molecule has 0 radical (unpaired) electrons. The maximum absolute atomic E-state index is 12.3. The monoisotopic (exact) mass is 398 g/mol. The second-order valence-electron chi connectivity index (χ2n) is 6.73. The Kier molecular flexibility index (Phi) is 8.18. The quantitative estimate of drug-likeness (QED) is 0.485. The van der Waals surface area contributed by atoms with Crippen LogP contribution in [0.5, 0.6) is 0 Å². The van der Waals surface area contributed by atoms with Crippen LogP contribution in [-0.2, 0) is 14.9 Å². The first-order valence-electron chi connectivity index (χ1n) is 9.17. The zero-order valence-electron chi connectivity index (χ0n) is 16.3. The summed E-state index contributed by atoms with van der Waals surface area (Å²) in [6, 6.07) is 5.96. The first kappa shape index (κ1) is 21.8. The molecule has 0 unspecified atom stereocenters. The van der Waals surface area contributed by atoms with Gasteiger partial charge in [-0.05, 0) is 44.6 Å². The summed E-state index contributed by atoms with van der Waals surface area (Å²) in [5.41, 5.74) is 0.319. The van der Waals surface area contributed by atoms with Crippen LogP contribution in [0.4, 0.5) is 0 Å². The molecule has 1 amide bonds. The molecule has 0 aromatic heterocycles. The maximum Gasteiger partial charge on any atom is 0.264 e. The van der Waals surface area contributed by atoms with E-state index >= 15 is 0 Å². The molecule has 0 bridgehead atoms. The number of benzene rings is 1. The molecule has 1 aromatic carbocycles. The van der Waals surface area contributed by atoms with Gasteiger partial charge in [0.15, 0.2) is 0 Å². The zero-order valence-corrected chi connectivity index (χ0v) is 17.2. The fourth-order valence-electron chi connectivity index (χ4n) is 2.88. The van der Waals surface area contributed by atoms with Gasteiger partial charge in [-0.25, -0.2) is 8.42 Å². The molecule has 0 atom stereocenters. The van der Waals surface area contributed by atoms with Gasteiger partial charge in [0.2, 0.25) is 0 Å². The molecule has 1 heterocycles. The van der Waals surface area contributed by atoms with Crippen LogP contribution in [0.15, 0.2) is 29.2 Å². The number of likely N-dealkylation sites (N-methyl/N-ethyl adjacent to an activating group) is 1. The van der Waals surface area contributed by atoms with Gasteiger partial charge in [-0.1, -0.05) is 10.5 Å². The molecule has 9 heteroatoms. The predicted octanol–water partition coefficient (Wildman–Crippen LogP) is 0.626. The Morgan fingerprint density at radius 2 is 1.93 bits per heavy atom. The van der Waals surface area contributed by atoms with Crippen LogP contribution < -0.4 is 5.32 Å². The Labute approximate surface area is 162 Å². The Balaban J connectivity index is 1.78. The summed E-state index contributed by atoms with van der Waals surface area (Å²) in [6.07, 6.45) is 1.92. The molecule has 0 aliphatic carbocycles. The molecule has 2 rings (SSSR count). The Morgan fingerprint density at radius 3 is 2.59 bits per heavy atom. The van der Waals surface area contributed by atoms with Gasteiger partial charge in [-0.2, -0.15) is 0 Å². The number of carbonyl (C=O) groups is 1. The Hall–Kier alpha value is -1.52. The van der Waals surface area contributed by atoms with Gasteiger partial charge in [0.25, 0.3) is 15.9 Å². The van der Waals surface area contributed by atoms with E-state index in [1.807, 2.05) is 0 Å². The summed E-state index contributed by atoms with van der Waals surface area (Å²) in [5.74, 6) is -0.272. The Morgan fingerprint density at radius 1 is 1.22 bits per heavy atom. The van der Waals surface area contributed by atoms with Crippen LogP contribution in [-0.4, -0.2) is 89.1 Å². The lowest BCUT2D eigenvalue weighted by Gasteiger charge is -2.32. The number of piperazine rings is 1. The lowest BCUT2D eigenvalue weighted by atomic mass is 10.2. The van der Waals surface area contributed by atoms with Gasteiger partial charge in [0.1, 0.15) is 0 Å². The SMILES string of the molecule is CON(C)S(=O)(=O)c1cccc(C(=O)NCCCCN2CCN(C)CC2)c1. The van der Waals surface area contributed by atoms with Gasteiger partial charge in [0, 0.05) is 45.3 Å². The van der Waals surface area contributed by atoms with Gasteiger partial charge in [-0.3, -0.25) is 9.63 Å². The number of rotatable bonds is 9. The van der Waals surface area contributed by atoms with Crippen molar-refractivity contribution < 1.29 is 18.0 Å². The number of hydrogen-bond donors (Lipinski definition) is 1. The number of amides is 1. The van der Waals surface area contributed by atoms with E-state index in [0.717, 1.165) is 50.0 Å². The molecule has 27 heavy (non-hydrogen) atoms. The number of hydroxylamine groups is 1. The smallest absolute Gasteiger partial charge is 0.264 e. The molecular weight excluding hydrogens is 368 g/mol. The van der Waals surface area contributed by atoms with Crippen molar-refractivity contribution in [1.29, 1.82) is 0 Å². The average molecular weight is 399 g/mol. The molecule has 0 spiro atoms. The van der Waals surface area contributed by atoms with E-state index < -0.39 is 10.0 Å². The van der Waals surface area contributed by atoms with Crippen molar-refractivity contribution in [1.82, 2.24) is 19.6 Å². The van der Waals surface area contributed by atoms with Gasteiger partial charge in [0.05, 0.1) is 12.0 Å². The van der Waals surface area contributed by atoms with E-state index in [-0.39, 0.29) is 10.8 Å². The van der Waals surface area contributed by atoms with Gasteiger partial charge < -0.3 is 15.1 Å². The van der Waals surface area contributed by atoms with Crippen LogP contribution in [0.3, 0.4) is 0 Å². The van der Waals surface area contributed by atoms with Crippen LogP contribution in [0.2, 0.25) is 0 Å². The number of unbranched alkanes of at least 4 members (excludes halogenated alkanes) is 1. The van der Waals surface area contributed by atoms with Crippen molar-refractivity contribution >= 4 is 15.9 Å². The topological polar surface area (TPSA) is 82.2 Å². The largest absolute Gasteiger partial charge is 0.352 e. The molecule has 8 nitrogen and oxygen atoms in total. The number of carbonyl (C=O) groups excluding carboxylic acids is 1. The standard InChI is InChI=1S/C18H30N4O4S/c1-20-11-13-22(14-12-20)10-5-4-9-19-18(23)16-7-6-8-17(15-16)27(24,25)21(2)26-3/h6-8,15H,4-5,9-14H2,1-3H3,(H,19,23). The van der Waals surface area contributed by atoms with Crippen molar-refractivity contribution in [2.75, 3.05) is 60.5 Å². The van der Waals surface area contributed by atoms with Crippen molar-refractivity contribution in [3.05, 3.63) is 29.8 Å². The Bertz CT molecular complexity index is 718. The highest BCUT2D eigenvalue weighted by atomic mass is 32.2. The van der Waals surface area contributed by atoms with Gasteiger partial charge in [-0.15, -0.1) is 0 Å². The van der Waals surface area contributed by atoms with E-state index in [1.54, 1.807) is 12.1 Å². The summed E-state index contributed by atoms with van der Waals surface area (Å²) in [7, 11) is 0.953. The van der Waals surface area contributed by atoms with Crippen molar-refractivity contribution in [2.24, 2.45) is 0 Å². The van der Waals surface area contributed by atoms with Crippen LogP contribution in [0.25, 0.3) is 0 Å². The summed E-state index contributed by atoms with van der Waals surface area (Å²) >= 11 is 0. The fourth-order valence-corrected chi connectivity index (χ4v) is 3.90. The summed E-state index contributed by atoms with van der Waals surface area (Å²) in [5, 5.41) is 2.86. The fraction of sp³-hybridized carbons (Fsp3) is 0.611. The normalized spacial score (nSPS) is 16.6. The molecule has 1 saturated heterocycles. The first-order chi connectivity index (χ1) is 12.8. The molecule has 1 aromatic rings. The minimum atomic E-state index is -3.77. The van der Waals surface area contributed by atoms with Crippen LogP contribution in [0, 0.1) is 0 Å². The van der Waals surface area contributed by atoms with Crippen LogP contribution >= 0.6 is 0 Å². The second-order valence-corrected chi connectivity index (χ2v) is 8.67. The molecule has 1 N–H and O–H groups in total. The third-order valence-electron chi connectivity index (χ3n) is 4.77. The average Bonchev–Trinajstić information content (AvgIpc) is 2.68. The third kappa shape index (κ3) is 6.25. The summed E-state index contributed by atoms with van der Waals surface area (Å²) in [6.45, 7) is 6.02. The van der Waals surface area contributed by atoms with Gasteiger partial charge >= 0.3 is 0 Å². The lowest BCUT2D eigenvalue weighted by Crippen LogP contribution is -2.44. The highest BCUT2D eigenvalue weighted by Crippen LogP contribution is 2.16. The predicted molar refractivity (Wildman–Crippen MR) is 104 cm³/mol. The third-order valence-corrected chi connectivity index (χ3v) is 6.45. The number of sulfonamides is 1. The van der Waals surface area contributed by atoms with E-state index in [2.05, 4.69) is 22.2 Å². The highest BCUT2D eigenvalue weighted by molar-refractivity contribution is 7.89. The minimum Gasteiger partial charge on any atom is -0.352 e. The second kappa shape index (κ2) is 10.1. The zero-order chi connectivity index (χ0) is 19.9. The molecule has 0 saturated carbocycles.